The summed E-state index contributed by atoms with van der Waals surface area (Å²) in [6.45, 7) is -0.0718. The van der Waals surface area contributed by atoms with Crippen molar-refractivity contribution in [1.29, 1.82) is 5.26 Å². The largest absolute Gasteiger partial charge is 0.651 e. The van der Waals surface area contributed by atoms with Gasteiger partial charge in [0.2, 0.25) is 0 Å². The molecule has 0 atom stereocenters. The molecule has 0 unspecified atom stereocenters. The van der Waals surface area contributed by atoms with Crippen LogP contribution in [0.1, 0.15) is 0 Å². The molecule has 44 valence electrons. The minimum Gasteiger partial charge on any atom is -0.401 e. The van der Waals surface area contributed by atoms with Crippen molar-refractivity contribution in [3.8, 4) is 6.07 Å². The molecular weight excluding hydrogens is 111 g/mol. The fourth-order valence-corrected chi connectivity index (χ4v) is 0.148. The lowest BCUT2D eigenvalue weighted by Gasteiger charge is -1.96. The van der Waals surface area contributed by atoms with Crippen LogP contribution in [0.3, 0.4) is 0 Å². The average molecular weight is 116 g/mol. The van der Waals surface area contributed by atoms with E-state index < -0.39 is 7.32 Å². The minimum absolute atomic E-state index is 0.0718. The van der Waals surface area contributed by atoms with Crippen LogP contribution < -0.4 is 5.48 Å². The maximum absolute atomic E-state index is 7.94. The van der Waals surface area contributed by atoms with Gasteiger partial charge in [-0.25, -0.2) is 5.48 Å². The molecule has 0 aliphatic carbocycles. The monoisotopic (exact) mass is 116 g/mol. The predicted molar refractivity (Wildman–Crippen MR) is 24.9 cm³/mol. The predicted octanol–water partition coefficient (Wildman–Crippen LogP) is -2.00. The van der Waals surface area contributed by atoms with Gasteiger partial charge < -0.3 is 10.0 Å². The SMILES string of the molecule is N#CCNOB(O)O. The number of hydroxylamine groups is 1. The number of nitrogens with one attached hydrogen (secondary N) is 1. The Morgan fingerprint density at radius 3 is 2.75 bits per heavy atom. The molecule has 0 amide bonds. The van der Waals surface area contributed by atoms with Gasteiger partial charge in [-0.1, -0.05) is 0 Å². The Bertz CT molecular complexity index is 89.8. The molecule has 0 saturated heterocycles. The first kappa shape index (κ1) is 7.39. The highest BCUT2D eigenvalue weighted by Gasteiger charge is 2.06. The summed E-state index contributed by atoms with van der Waals surface area (Å²) >= 11 is 0. The van der Waals surface area contributed by atoms with Gasteiger partial charge in [0.15, 0.2) is 0 Å². The second-order valence-electron chi connectivity index (χ2n) is 0.923. The van der Waals surface area contributed by atoms with E-state index in [0.29, 0.717) is 0 Å². The van der Waals surface area contributed by atoms with Crippen LogP contribution >= 0.6 is 0 Å². The number of hydrogen-bond acceptors (Lipinski definition) is 5. The Hall–Kier alpha value is -0.605. The van der Waals surface area contributed by atoms with Crippen molar-refractivity contribution < 1.29 is 14.8 Å². The number of nitrogens with zero attached hydrogens (tertiary/aromatic N) is 1. The molecule has 0 aromatic rings. The molecule has 0 aliphatic rings. The first-order valence-electron chi connectivity index (χ1n) is 1.89. The Morgan fingerprint density at radius 2 is 2.38 bits per heavy atom. The topological polar surface area (TPSA) is 85.5 Å². The molecule has 0 radical (unpaired) electrons. The summed E-state index contributed by atoms with van der Waals surface area (Å²) in [5, 5.41) is 23.7. The lowest BCUT2D eigenvalue weighted by Crippen LogP contribution is -2.27. The number of nitriles is 1. The van der Waals surface area contributed by atoms with E-state index in [9.17, 15) is 0 Å². The fraction of sp³-hybridized carbons (Fsp3) is 0.500. The van der Waals surface area contributed by atoms with Crippen LogP contribution in [0, 0.1) is 11.3 Å². The van der Waals surface area contributed by atoms with Crippen molar-refractivity contribution in [3.63, 3.8) is 0 Å². The molecular formula is C2H5BN2O3. The van der Waals surface area contributed by atoms with E-state index in [1.54, 1.807) is 6.07 Å². The standard InChI is InChI=1S/C2H5BN2O3/c4-1-2-5-8-3(6)7/h5-7H,2H2. The maximum Gasteiger partial charge on any atom is 0.651 e. The third-order valence-electron chi connectivity index (χ3n) is 0.340. The van der Waals surface area contributed by atoms with Crippen LogP contribution in [0.25, 0.3) is 0 Å². The number of rotatable bonds is 3. The Balaban J connectivity index is 2.85. The van der Waals surface area contributed by atoms with Gasteiger partial charge in [0, 0.05) is 0 Å². The zero-order valence-corrected chi connectivity index (χ0v) is 4.03. The quantitative estimate of drug-likeness (QED) is 0.172. The summed E-state index contributed by atoms with van der Waals surface area (Å²) in [6.07, 6.45) is 0. The van der Waals surface area contributed by atoms with Crippen molar-refractivity contribution in [3.05, 3.63) is 0 Å². The van der Waals surface area contributed by atoms with E-state index in [0.717, 1.165) is 0 Å². The molecule has 0 bridgehead atoms. The van der Waals surface area contributed by atoms with Gasteiger partial charge in [-0.05, 0) is 0 Å². The average Bonchev–Trinajstić information content (AvgIpc) is 1.66. The first-order valence-corrected chi connectivity index (χ1v) is 1.89. The van der Waals surface area contributed by atoms with Crippen molar-refractivity contribution in [2.75, 3.05) is 6.54 Å². The highest BCUT2D eigenvalue weighted by Crippen LogP contribution is 1.64. The van der Waals surface area contributed by atoms with E-state index in [4.69, 9.17) is 15.3 Å². The van der Waals surface area contributed by atoms with Gasteiger partial charge in [0.05, 0.1) is 6.07 Å². The molecule has 0 fully saturated rings. The lowest BCUT2D eigenvalue weighted by molar-refractivity contribution is 0.118. The van der Waals surface area contributed by atoms with E-state index >= 15 is 0 Å². The van der Waals surface area contributed by atoms with Crippen molar-refractivity contribution >= 4 is 7.32 Å². The van der Waals surface area contributed by atoms with Crippen LogP contribution in [0.2, 0.25) is 0 Å². The van der Waals surface area contributed by atoms with Crippen LogP contribution in [-0.2, 0) is 4.76 Å². The van der Waals surface area contributed by atoms with Crippen LogP contribution in [0.5, 0.6) is 0 Å². The van der Waals surface area contributed by atoms with Crippen LogP contribution in [-0.4, -0.2) is 23.9 Å². The van der Waals surface area contributed by atoms with Gasteiger partial charge >= 0.3 is 7.32 Å². The summed E-state index contributed by atoms with van der Waals surface area (Å²) in [5.41, 5.74) is 1.97. The molecule has 0 aromatic carbocycles. The second-order valence-corrected chi connectivity index (χ2v) is 0.923. The minimum atomic E-state index is -1.86. The van der Waals surface area contributed by atoms with Gasteiger partial charge in [-0.3, -0.25) is 4.76 Å². The summed E-state index contributed by atoms with van der Waals surface area (Å²) in [5.74, 6) is 0. The normalized spacial score (nSPS) is 8.12. The summed E-state index contributed by atoms with van der Waals surface area (Å²) < 4.78 is 3.92. The van der Waals surface area contributed by atoms with Crippen molar-refractivity contribution in [2.45, 2.75) is 0 Å². The lowest BCUT2D eigenvalue weighted by atomic mass is 10.3. The van der Waals surface area contributed by atoms with Crippen LogP contribution in [0.4, 0.5) is 0 Å². The molecule has 3 N–H and O–H groups in total. The van der Waals surface area contributed by atoms with Crippen molar-refractivity contribution in [1.82, 2.24) is 5.48 Å². The molecule has 0 heterocycles. The Labute approximate surface area is 46.6 Å². The van der Waals surface area contributed by atoms with E-state index in [2.05, 4.69) is 4.76 Å². The third kappa shape index (κ3) is 5.39. The van der Waals surface area contributed by atoms with Gasteiger partial charge in [0.1, 0.15) is 6.54 Å². The molecule has 0 aliphatic heterocycles. The molecule has 5 nitrogen and oxygen atoms in total. The second kappa shape index (κ2) is 4.55. The van der Waals surface area contributed by atoms with Gasteiger partial charge in [-0.2, -0.15) is 5.26 Å². The van der Waals surface area contributed by atoms with Gasteiger partial charge in [0.25, 0.3) is 0 Å². The highest BCUT2D eigenvalue weighted by atomic mass is 16.7. The van der Waals surface area contributed by atoms with Crippen molar-refractivity contribution in [2.24, 2.45) is 0 Å². The summed E-state index contributed by atoms with van der Waals surface area (Å²) in [4.78, 5) is 0. The molecule has 6 heteroatoms. The van der Waals surface area contributed by atoms with Crippen LogP contribution in [0.15, 0.2) is 0 Å². The Kier molecular flexibility index (Phi) is 4.21. The number of hydrogen-bond donors (Lipinski definition) is 3. The van der Waals surface area contributed by atoms with E-state index in [1.165, 1.54) is 0 Å². The molecule has 8 heavy (non-hydrogen) atoms. The molecule has 0 spiro atoms. The Morgan fingerprint density at radius 1 is 1.75 bits per heavy atom. The highest BCUT2D eigenvalue weighted by molar-refractivity contribution is 6.32. The maximum atomic E-state index is 7.94. The molecule has 0 aromatic heterocycles. The summed E-state index contributed by atoms with van der Waals surface area (Å²) in [6, 6.07) is 1.66. The third-order valence-corrected chi connectivity index (χ3v) is 0.340. The zero-order valence-electron chi connectivity index (χ0n) is 4.03. The van der Waals surface area contributed by atoms with E-state index in [-0.39, 0.29) is 6.54 Å². The molecule has 0 rings (SSSR count). The zero-order chi connectivity index (χ0) is 6.41. The smallest absolute Gasteiger partial charge is 0.401 e. The molecule has 0 saturated carbocycles. The van der Waals surface area contributed by atoms with E-state index in [1.807, 2.05) is 5.48 Å². The fourth-order valence-electron chi connectivity index (χ4n) is 0.148. The summed E-state index contributed by atoms with van der Waals surface area (Å²) in [7, 11) is -1.86. The first-order chi connectivity index (χ1) is 3.77. The van der Waals surface area contributed by atoms with Gasteiger partial charge in [-0.15, -0.1) is 0 Å².